The van der Waals surface area contributed by atoms with Crippen LogP contribution >= 0.6 is 0 Å². The predicted octanol–water partition coefficient (Wildman–Crippen LogP) is 3.99. The van der Waals surface area contributed by atoms with Gasteiger partial charge in [0.15, 0.2) is 6.10 Å². The first-order valence-electron chi connectivity index (χ1n) is 9.60. The highest BCUT2D eigenvalue weighted by Gasteiger charge is 2.18. The number of benzene rings is 2. The largest absolute Gasteiger partial charge is 0.458 e. The first kappa shape index (κ1) is 23.3. The summed E-state index contributed by atoms with van der Waals surface area (Å²) in [7, 11) is 0. The monoisotopic (exact) mass is 420 g/mol. The third-order valence-corrected chi connectivity index (χ3v) is 3.87. The fraction of sp³-hybridized carbons (Fsp3) is 0.160. The van der Waals surface area contributed by atoms with E-state index in [0.717, 1.165) is 11.1 Å². The molecule has 2 aromatic rings. The van der Waals surface area contributed by atoms with Crippen molar-refractivity contribution in [1.29, 1.82) is 0 Å². The van der Waals surface area contributed by atoms with Crippen LogP contribution < -0.4 is 0 Å². The third-order valence-electron chi connectivity index (χ3n) is 3.87. The zero-order valence-corrected chi connectivity index (χ0v) is 17.2. The zero-order chi connectivity index (χ0) is 22.5. The standard InChI is InChI=1S/C25H24O6/c1-19(2)25(28)30-18-22(31-24(27)16-14-21-11-7-4-8-12-21)17-29-23(26)15-13-20-9-5-3-6-10-20/h3-16,22H,1,17-18H2,2H3/b15-13+,16-14+. The van der Waals surface area contributed by atoms with Crippen molar-refractivity contribution in [1.82, 2.24) is 0 Å². The summed E-state index contributed by atoms with van der Waals surface area (Å²) in [5.41, 5.74) is 1.86. The van der Waals surface area contributed by atoms with Gasteiger partial charge in [0, 0.05) is 17.7 Å². The van der Waals surface area contributed by atoms with E-state index in [0.29, 0.717) is 0 Å². The van der Waals surface area contributed by atoms with Crippen molar-refractivity contribution < 1.29 is 28.6 Å². The van der Waals surface area contributed by atoms with Gasteiger partial charge in [-0.2, -0.15) is 0 Å². The van der Waals surface area contributed by atoms with E-state index < -0.39 is 24.0 Å². The van der Waals surface area contributed by atoms with E-state index in [1.807, 2.05) is 60.7 Å². The fourth-order valence-corrected chi connectivity index (χ4v) is 2.29. The van der Waals surface area contributed by atoms with Gasteiger partial charge in [-0.15, -0.1) is 0 Å². The van der Waals surface area contributed by atoms with Gasteiger partial charge < -0.3 is 14.2 Å². The lowest BCUT2D eigenvalue weighted by Crippen LogP contribution is -2.30. The molecular weight excluding hydrogens is 396 g/mol. The van der Waals surface area contributed by atoms with Gasteiger partial charge in [-0.1, -0.05) is 67.2 Å². The fourth-order valence-electron chi connectivity index (χ4n) is 2.29. The molecule has 6 heteroatoms. The van der Waals surface area contributed by atoms with Crippen LogP contribution in [-0.2, 0) is 28.6 Å². The minimum atomic E-state index is -0.967. The molecule has 0 saturated carbocycles. The van der Waals surface area contributed by atoms with Crippen molar-refractivity contribution >= 4 is 30.1 Å². The third kappa shape index (κ3) is 9.41. The topological polar surface area (TPSA) is 78.9 Å². The van der Waals surface area contributed by atoms with Gasteiger partial charge >= 0.3 is 17.9 Å². The van der Waals surface area contributed by atoms with E-state index in [1.165, 1.54) is 19.1 Å². The second-order valence-corrected chi connectivity index (χ2v) is 6.56. The van der Waals surface area contributed by atoms with Crippen molar-refractivity contribution in [2.45, 2.75) is 13.0 Å². The second-order valence-electron chi connectivity index (χ2n) is 6.56. The summed E-state index contributed by atoms with van der Waals surface area (Å²) >= 11 is 0. The van der Waals surface area contributed by atoms with Gasteiger partial charge in [-0.3, -0.25) is 0 Å². The molecule has 0 aliphatic rings. The SMILES string of the molecule is C=C(C)C(=O)OCC(COC(=O)/C=C/c1ccccc1)OC(=O)/C=C/c1ccccc1. The maximum absolute atomic E-state index is 12.1. The summed E-state index contributed by atoms with van der Waals surface area (Å²) in [6.45, 7) is 4.45. The number of rotatable bonds is 10. The molecule has 0 amide bonds. The Balaban J connectivity index is 1.93. The molecule has 0 radical (unpaired) electrons. The molecule has 0 bridgehead atoms. The smallest absolute Gasteiger partial charge is 0.333 e. The van der Waals surface area contributed by atoms with Crippen molar-refractivity contribution in [3.05, 3.63) is 96.1 Å². The summed E-state index contributed by atoms with van der Waals surface area (Å²) in [4.78, 5) is 35.8. The number of ether oxygens (including phenoxy) is 3. The minimum absolute atomic E-state index is 0.205. The van der Waals surface area contributed by atoms with Crippen molar-refractivity contribution in [2.24, 2.45) is 0 Å². The molecule has 0 spiro atoms. The van der Waals surface area contributed by atoms with Crippen LogP contribution in [0.15, 0.2) is 85.0 Å². The van der Waals surface area contributed by atoms with Crippen LogP contribution in [0, 0.1) is 0 Å². The molecular formula is C25H24O6. The van der Waals surface area contributed by atoms with Gasteiger partial charge in [0.25, 0.3) is 0 Å². The van der Waals surface area contributed by atoms with Gasteiger partial charge in [0.05, 0.1) is 0 Å². The lowest BCUT2D eigenvalue weighted by molar-refractivity contribution is -0.160. The molecule has 0 heterocycles. The van der Waals surface area contributed by atoms with Crippen LogP contribution in [0.1, 0.15) is 18.1 Å². The van der Waals surface area contributed by atoms with Gasteiger partial charge in [0.1, 0.15) is 13.2 Å². The summed E-state index contributed by atoms with van der Waals surface area (Å²) in [6.07, 6.45) is 4.75. The molecule has 160 valence electrons. The molecule has 2 aromatic carbocycles. The van der Waals surface area contributed by atoms with E-state index in [1.54, 1.807) is 12.2 Å². The number of hydrogen-bond acceptors (Lipinski definition) is 6. The summed E-state index contributed by atoms with van der Waals surface area (Å²) in [5.74, 6) is -1.90. The van der Waals surface area contributed by atoms with Crippen LogP contribution in [-0.4, -0.2) is 37.2 Å². The number of hydrogen-bond donors (Lipinski definition) is 0. The molecule has 0 N–H and O–H groups in total. The molecule has 1 unspecified atom stereocenters. The van der Waals surface area contributed by atoms with E-state index in [-0.39, 0.29) is 18.8 Å². The molecule has 0 saturated heterocycles. The quantitative estimate of drug-likeness (QED) is 0.329. The van der Waals surface area contributed by atoms with Gasteiger partial charge in [0.2, 0.25) is 0 Å². The molecule has 0 aliphatic heterocycles. The normalized spacial score (nSPS) is 11.8. The first-order chi connectivity index (χ1) is 14.9. The van der Waals surface area contributed by atoms with E-state index in [9.17, 15) is 14.4 Å². The first-order valence-corrected chi connectivity index (χ1v) is 9.60. The molecule has 31 heavy (non-hydrogen) atoms. The Labute approximate surface area is 181 Å². The Morgan fingerprint density at radius 1 is 0.806 bits per heavy atom. The van der Waals surface area contributed by atoms with Crippen LogP contribution in [0.25, 0.3) is 12.2 Å². The highest BCUT2D eigenvalue weighted by atomic mass is 16.6. The average Bonchev–Trinajstić information content (AvgIpc) is 2.79. The molecule has 0 aromatic heterocycles. The van der Waals surface area contributed by atoms with Crippen LogP contribution in [0.2, 0.25) is 0 Å². The van der Waals surface area contributed by atoms with E-state index in [4.69, 9.17) is 14.2 Å². The lowest BCUT2D eigenvalue weighted by atomic mass is 10.2. The number of esters is 3. The summed E-state index contributed by atoms with van der Waals surface area (Å²) in [6, 6.07) is 18.4. The lowest BCUT2D eigenvalue weighted by Gasteiger charge is -2.17. The van der Waals surface area contributed by atoms with E-state index >= 15 is 0 Å². The maximum Gasteiger partial charge on any atom is 0.333 e. The summed E-state index contributed by atoms with van der Waals surface area (Å²) < 4.78 is 15.5. The van der Waals surface area contributed by atoms with Crippen molar-refractivity contribution in [3.63, 3.8) is 0 Å². The Kier molecular flexibility index (Phi) is 9.49. The predicted molar refractivity (Wildman–Crippen MR) is 118 cm³/mol. The molecule has 0 fully saturated rings. The molecule has 2 rings (SSSR count). The van der Waals surface area contributed by atoms with Crippen LogP contribution in [0.4, 0.5) is 0 Å². The van der Waals surface area contributed by atoms with Gasteiger partial charge in [-0.05, 0) is 30.2 Å². The van der Waals surface area contributed by atoms with Crippen molar-refractivity contribution in [3.8, 4) is 0 Å². The average molecular weight is 420 g/mol. The van der Waals surface area contributed by atoms with Crippen LogP contribution in [0.5, 0.6) is 0 Å². The highest BCUT2D eigenvalue weighted by Crippen LogP contribution is 2.05. The minimum Gasteiger partial charge on any atom is -0.458 e. The number of carbonyl (C=O) groups excluding carboxylic acids is 3. The Morgan fingerprint density at radius 2 is 1.29 bits per heavy atom. The molecule has 6 nitrogen and oxygen atoms in total. The Morgan fingerprint density at radius 3 is 1.81 bits per heavy atom. The Bertz CT molecular complexity index is 944. The van der Waals surface area contributed by atoms with Crippen LogP contribution in [0.3, 0.4) is 0 Å². The van der Waals surface area contributed by atoms with E-state index in [2.05, 4.69) is 6.58 Å². The Hall–Kier alpha value is -3.93. The van der Waals surface area contributed by atoms with Crippen molar-refractivity contribution in [2.75, 3.05) is 13.2 Å². The molecule has 1 atom stereocenters. The van der Waals surface area contributed by atoms with Gasteiger partial charge in [-0.25, -0.2) is 14.4 Å². The summed E-state index contributed by atoms with van der Waals surface area (Å²) in [5, 5.41) is 0. The zero-order valence-electron chi connectivity index (χ0n) is 17.2. The highest BCUT2D eigenvalue weighted by molar-refractivity contribution is 5.88. The second kappa shape index (κ2) is 12.6. The maximum atomic E-state index is 12.1. The number of carbonyl (C=O) groups is 3. The molecule has 0 aliphatic carbocycles.